The van der Waals surface area contributed by atoms with Crippen molar-refractivity contribution in [2.24, 2.45) is 5.92 Å². The Kier molecular flexibility index (Phi) is 2.84. The highest BCUT2D eigenvalue weighted by atomic mass is 15.0. The zero-order valence-electron chi connectivity index (χ0n) is 9.44. The zero-order chi connectivity index (χ0) is 10.1. The van der Waals surface area contributed by atoms with Crippen LogP contribution in [0.2, 0.25) is 0 Å². The number of hydrogen-bond donors (Lipinski definition) is 1. The Morgan fingerprint density at radius 3 is 2.38 bits per heavy atom. The highest BCUT2D eigenvalue weighted by molar-refractivity contribution is 5.34. The van der Waals surface area contributed by atoms with Gasteiger partial charge in [0.2, 0.25) is 0 Å². The van der Waals surface area contributed by atoms with Crippen LogP contribution in [0.4, 0.5) is 0 Å². The van der Waals surface area contributed by atoms with Crippen LogP contribution in [0, 0.1) is 5.92 Å². The second-order valence-electron chi connectivity index (χ2n) is 4.56. The Morgan fingerprint density at radius 2 is 1.92 bits per heavy atom. The fourth-order valence-corrected chi connectivity index (χ4v) is 2.31. The lowest BCUT2D eigenvalue weighted by atomic mass is 9.80. The van der Waals surface area contributed by atoms with Gasteiger partial charge in [0.25, 0.3) is 0 Å². The van der Waals surface area contributed by atoms with Gasteiger partial charge in [-0.1, -0.05) is 19.1 Å². The maximum absolute atomic E-state index is 3.57. The van der Waals surface area contributed by atoms with E-state index in [9.17, 15) is 0 Å². The normalized spacial score (nSPS) is 33.5. The lowest BCUT2D eigenvalue weighted by Crippen LogP contribution is -2.45. The molecule has 74 valence electrons. The molecule has 0 aromatic rings. The maximum Gasteiger partial charge on any atom is 0.0332 e. The molecule has 1 heteroatoms. The molecule has 0 radical (unpaired) electrons. The Labute approximate surface area is 81.9 Å². The highest BCUT2D eigenvalue weighted by Crippen LogP contribution is 2.32. The van der Waals surface area contributed by atoms with Gasteiger partial charge in [-0.3, -0.25) is 0 Å². The molecule has 1 rings (SSSR count). The van der Waals surface area contributed by atoms with Gasteiger partial charge in [-0.2, -0.15) is 0 Å². The van der Waals surface area contributed by atoms with Gasteiger partial charge in [0.1, 0.15) is 0 Å². The molecule has 1 aliphatic heterocycles. The molecule has 1 aliphatic rings. The first-order valence-corrected chi connectivity index (χ1v) is 5.11. The summed E-state index contributed by atoms with van der Waals surface area (Å²) in [4.78, 5) is 0. The van der Waals surface area contributed by atoms with Crippen LogP contribution in [0.3, 0.4) is 0 Å². The van der Waals surface area contributed by atoms with Gasteiger partial charge < -0.3 is 5.32 Å². The molecule has 1 saturated heterocycles. The first kappa shape index (κ1) is 10.4. The van der Waals surface area contributed by atoms with Crippen LogP contribution in [-0.4, -0.2) is 5.54 Å². The Hall–Kier alpha value is -0.720. The first-order chi connectivity index (χ1) is 6.00. The van der Waals surface area contributed by atoms with Crippen LogP contribution >= 0.6 is 0 Å². The summed E-state index contributed by atoms with van der Waals surface area (Å²) < 4.78 is 0. The lowest BCUT2D eigenvalue weighted by Gasteiger charge is -2.39. The fourth-order valence-electron chi connectivity index (χ4n) is 2.31. The highest BCUT2D eigenvalue weighted by Gasteiger charge is 2.30. The number of piperidine rings is 1. The molecule has 1 N–H and O–H groups in total. The fraction of sp³-hybridized carbons (Fsp3) is 0.667. The Morgan fingerprint density at radius 1 is 1.31 bits per heavy atom. The van der Waals surface area contributed by atoms with Crippen LogP contribution < -0.4 is 5.32 Å². The number of allylic oxidation sites excluding steroid dienone is 3. The van der Waals surface area contributed by atoms with Crippen molar-refractivity contribution in [3.8, 4) is 0 Å². The van der Waals surface area contributed by atoms with Crippen molar-refractivity contribution >= 4 is 0 Å². The number of hydrogen-bond acceptors (Lipinski definition) is 1. The van der Waals surface area contributed by atoms with Gasteiger partial charge in [0.05, 0.1) is 0 Å². The quantitative estimate of drug-likeness (QED) is 0.602. The topological polar surface area (TPSA) is 12.0 Å². The van der Waals surface area contributed by atoms with Crippen LogP contribution in [-0.2, 0) is 0 Å². The monoisotopic (exact) mass is 179 g/mol. The minimum atomic E-state index is 0.244. The molecule has 1 unspecified atom stereocenters. The van der Waals surface area contributed by atoms with E-state index in [0.29, 0.717) is 5.92 Å². The molecule has 0 aromatic carbocycles. The van der Waals surface area contributed by atoms with Crippen LogP contribution in [0.25, 0.3) is 0 Å². The van der Waals surface area contributed by atoms with E-state index in [2.05, 4.69) is 52.1 Å². The molecule has 1 fully saturated rings. The average Bonchev–Trinajstić information content (AvgIpc) is 2.01. The van der Waals surface area contributed by atoms with E-state index in [4.69, 9.17) is 0 Å². The maximum atomic E-state index is 3.57. The van der Waals surface area contributed by atoms with Crippen molar-refractivity contribution in [3.63, 3.8) is 0 Å². The zero-order valence-corrected chi connectivity index (χ0v) is 9.44. The number of rotatable bonds is 0. The van der Waals surface area contributed by atoms with E-state index in [1.807, 2.05) is 0 Å². The molecule has 0 amide bonds. The van der Waals surface area contributed by atoms with Gasteiger partial charge in [-0.05, 0) is 45.6 Å². The van der Waals surface area contributed by atoms with Gasteiger partial charge >= 0.3 is 0 Å². The molecule has 0 spiro atoms. The van der Waals surface area contributed by atoms with Crippen LogP contribution in [0.1, 0.15) is 41.0 Å². The summed E-state index contributed by atoms with van der Waals surface area (Å²) in [7, 11) is 0. The van der Waals surface area contributed by atoms with Gasteiger partial charge in [-0.15, -0.1) is 0 Å². The predicted octanol–water partition coefficient (Wildman–Crippen LogP) is 3.24. The van der Waals surface area contributed by atoms with Gasteiger partial charge in [-0.25, -0.2) is 0 Å². The molecule has 0 saturated carbocycles. The minimum Gasteiger partial charge on any atom is -0.380 e. The molecule has 1 heterocycles. The standard InChI is InChI=1S/C12H21N/c1-6-10-9(3)8-12(4,5)13-11(10)7-2/h6-7,9,13H,8H2,1-5H3/b10-6-,11-7+. The van der Waals surface area contributed by atoms with Crippen LogP contribution in [0.5, 0.6) is 0 Å². The molecular formula is C12H21N. The molecule has 13 heavy (non-hydrogen) atoms. The van der Waals surface area contributed by atoms with Crippen LogP contribution in [0.15, 0.2) is 23.4 Å². The third-order valence-corrected chi connectivity index (χ3v) is 2.73. The lowest BCUT2D eigenvalue weighted by molar-refractivity contribution is 0.321. The largest absolute Gasteiger partial charge is 0.380 e. The summed E-state index contributed by atoms with van der Waals surface area (Å²) in [5, 5.41) is 3.57. The van der Waals surface area contributed by atoms with Gasteiger partial charge in [0, 0.05) is 11.2 Å². The van der Waals surface area contributed by atoms with E-state index in [0.717, 1.165) is 0 Å². The van der Waals surface area contributed by atoms with Crippen molar-refractivity contribution in [3.05, 3.63) is 23.4 Å². The van der Waals surface area contributed by atoms with E-state index >= 15 is 0 Å². The first-order valence-electron chi connectivity index (χ1n) is 5.11. The Bertz CT molecular complexity index is 246. The van der Waals surface area contributed by atoms with Crippen molar-refractivity contribution < 1.29 is 0 Å². The van der Waals surface area contributed by atoms with Gasteiger partial charge in [0.15, 0.2) is 0 Å². The molecule has 0 bridgehead atoms. The van der Waals surface area contributed by atoms with Crippen molar-refractivity contribution in [2.75, 3.05) is 0 Å². The summed E-state index contributed by atoms with van der Waals surface area (Å²) in [6.45, 7) is 11.1. The third kappa shape index (κ3) is 2.15. The molecule has 1 nitrogen and oxygen atoms in total. The SMILES string of the molecule is C/C=C1\C(=C/C)NC(C)(C)CC1C. The van der Waals surface area contributed by atoms with E-state index < -0.39 is 0 Å². The second kappa shape index (κ2) is 3.57. The summed E-state index contributed by atoms with van der Waals surface area (Å²) in [5.41, 5.74) is 3.02. The van der Waals surface area contributed by atoms with E-state index in [-0.39, 0.29) is 5.54 Å². The van der Waals surface area contributed by atoms with Crippen molar-refractivity contribution in [2.45, 2.75) is 46.6 Å². The summed E-state index contributed by atoms with van der Waals surface area (Å²) in [5.74, 6) is 0.674. The molecule has 0 aromatic heterocycles. The molecule has 1 atom stereocenters. The second-order valence-corrected chi connectivity index (χ2v) is 4.56. The minimum absolute atomic E-state index is 0.244. The molecule has 0 aliphatic carbocycles. The smallest absolute Gasteiger partial charge is 0.0332 e. The number of nitrogens with one attached hydrogen (secondary N) is 1. The summed E-state index contributed by atoms with van der Waals surface area (Å²) in [6, 6.07) is 0. The Balaban J connectivity index is 2.95. The van der Waals surface area contributed by atoms with E-state index in [1.54, 1.807) is 0 Å². The third-order valence-electron chi connectivity index (χ3n) is 2.73. The van der Waals surface area contributed by atoms with E-state index in [1.165, 1.54) is 17.7 Å². The summed E-state index contributed by atoms with van der Waals surface area (Å²) >= 11 is 0. The molecular weight excluding hydrogens is 158 g/mol. The summed E-state index contributed by atoms with van der Waals surface area (Å²) in [6.07, 6.45) is 5.61. The van der Waals surface area contributed by atoms with Crippen molar-refractivity contribution in [1.29, 1.82) is 0 Å². The average molecular weight is 179 g/mol. The predicted molar refractivity (Wildman–Crippen MR) is 58.5 cm³/mol. The van der Waals surface area contributed by atoms with Crippen molar-refractivity contribution in [1.82, 2.24) is 5.32 Å².